The third-order valence-corrected chi connectivity index (χ3v) is 3.58. The summed E-state index contributed by atoms with van der Waals surface area (Å²) >= 11 is 0. The molecule has 1 aromatic rings. The van der Waals surface area contributed by atoms with Crippen molar-refractivity contribution in [3.63, 3.8) is 0 Å². The Morgan fingerprint density at radius 2 is 2.28 bits per heavy atom. The summed E-state index contributed by atoms with van der Waals surface area (Å²) in [5.74, 6) is 0.796. The number of hydrogen-bond acceptors (Lipinski definition) is 5. The van der Waals surface area contributed by atoms with Crippen LogP contribution in [-0.4, -0.2) is 22.7 Å². The van der Waals surface area contributed by atoms with Crippen molar-refractivity contribution in [2.24, 2.45) is 5.92 Å². The molecular formula is C13H18N4O. The lowest BCUT2D eigenvalue weighted by molar-refractivity contribution is 0.178. The molecule has 0 spiro atoms. The standard InChI is InChI=1S/C13H18N4O/c14-7-9-5-6-16-13(12(9)15)17-11-4-2-1-3-10(11)8-18/h5-6,10-11,18H,1-4,8,15H2,(H,16,17). The van der Waals surface area contributed by atoms with Crippen molar-refractivity contribution in [1.82, 2.24) is 4.98 Å². The van der Waals surface area contributed by atoms with Gasteiger partial charge in [-0.05, 0) is 18.9 Å². The van der Waals surface area contributed by atoms with E-state index in [1.54, 1.807) is 12.3 Å². The van der Waals surface area contributed by atoms with Gasteiger partial charge in [0.2, 0.25) is 0 Å². The molecule has 1 aliphatic rings. The van der Waals surface area contributed by atoms with Crippen LogP contribution in [0.25, 0.3) is 0 Å². The van der Waals surface area contributed by atoms with Crippen LogP contribution in [0, 0.1) is 17.2 Å². The molecule has 2 atom stereocenters. The van der Waals surface area contributed by atoms with Crippen molar-refractivity contribution in [3.05, 3.63) is 17.8 Å². The van der Waals surface area contributed by atoms with Gasteiger partial charge in [-0.25, -0.2) is 4.98 Å². The Morgan fingerprint density at radius 3 is 3.00 bits per heavy atom. The Hall–Kier alpha value is -1.80. The predicted octanol–water partition coefficient (Wildman–Crippen LogP) is 1.50. The van der Waals surface area contributed by atoms with E-state index in [1.165, 1.54) is 0 Å². The van der Waals surface area contributed by atoms with Gasteiger partial charge in [-0.15, -0.1) is 0 Å². The molecule has 18 heavy (non-hydrogen) atoms. The molecule has 4 N–H and O–H groups in total. The molecule has 1 aromatic heterocycles. The molecule has 0 aliphatic heterocycles. The third-order valence-electron chi connectivity index (χ3n) is 3.58. The second-order valence-electron chi connectivity index (χ2n) is 4.71. The first-order chi connectivity index (χ1) is 8.76. The third kappa shape index (κ3) is 2.54. The lowest BCUT2D eigenvalue weighted by atomic mass is 9.85. The maximum atomic E-state index is 9.37. The van der Waals surface area contributed by atoms with Crippen molar-refractivity contribution < 1.29 is 5.11 Å². The zero-order valence-electron chi connectivity index (χ0n) is 10.3. The number of pyridine rings is 1. The van der Waals surface area contributed by atoms with Crippen molar-refractivity contribution in [1.29, 1.82) is 5.26 Å². The molecule has 1 saturated carbocycles. The van der Waals surface area contributed by atoms with Gasteiger partial charge < -0.3 is 16.2 Å². The van der Waals surface area contributed by atoms with E-state index >= 15 is 0 Å². The van der Waals surface area contributed by atoms with Crippen LogP contribution in [0.2, 0.25) is 0 Å². The molecule has 0 aromatic carbocycles. The Morgan fingerprint density at radius 1 is 1.50 bits per heavy atom. The summed E-state index contributed by atoms with van der Waals surface area (Å²) in [6.07, 6.45) is 5.90. The van der Waals surface area contributed by atoms with Gasteiger partial charge in [0, 0.05) is 24.8 Å². The van der Waals surface area contributed by atoms with E-state index in [-0.39, 0.29) is 18.6 Å². The van der Waals surface area contributed by atoms with E-state index in [0.29, 0.717) is 17.1 Å². The minimum atomic E-state index is 0.176. The lowest BCUT2D eigenvalue weighted by Gasteiger charge is -2.31. The van der Waals surface area contributed by atoms with Crippen molar-refractivity contribution in [2.45, 2.75) is 31.7 Å². The number of aromatic nitrogens is 1. The van der Waals surface area contributed by atoms with Gasteiger partial charge >= 0.3 is 0 Å². The predicted molar refractivity (Wildman–Crippen MR) is 69.8 cm³/mol. The van der Waals surface area contributed by atoms with Crippen LogP contribution in [0.1, 0.15) is 31.2 Å². The average molecular weight is 246 g/mol. The van der Waals surface area contributed by atoms with Crippen LogP contribution >= 0.6 is 0 Å². The summed E-state index contributed by atoms with van der Waals surface area (Å²) in [5.41, 5.74) is 6.71. The molecule has 2 unspecified atom stereocenters. The van der Waals surface area contributed by atoms with E-state index in [0.717, 1.165) is 25.7 Å². The number of rotatable bonds is 3. The second kappa shape index (κ2) is 5.69. The SMILES string of the molecule is N#Cc1ccnc(NC2CCCCC2CO)c1N. The maximum absolute atomic E-state index is 9.37. The van der Waals surface area contributed by atoms with Crippen LogP contribution in [0.15, 0.2) is 12.3 Å². The zero-order chi connectivity index (χ0) is 13.0. The van der Waals surface area contributed by atoms with Gasteiger partial charge in [0.1, 0.15) is 6.07 Å². The van der Waals surface area contributed by atoms with Crippen molar-refractivity contribution >= 4 is 11.5 Å². The van der Waals surface area contributed by atoms with Crippen LogP contribution in [0.5, 0.6) is 0 Å². The normalized spacial score (nSPS) is 23.3. The second-order valence-corrected chi connectivity index (χ2v) is 4.71. The van der Waals surface area contributed by atoms with E-state index in [9.17, 15) is 5.11 Å². The topological polar surface area (TPSA) is 95.0 Å². The Bertz CT molecular complexity index is 455. The first-order valence-electron chi connectivity index (χ1n) is 6.28. The average Bonchev–Trinajstić information content (AvgIpc) is 2.42. The minimum absolute atomic E-state index is 0.176. The van der Waals surface area contributed by atoms with Crippen molar-refractivity contribution in [2.75, 3.05) is 17.7 Å². The summed E-state index contributed by atoms with van der Waals surface area (Å²) in [6.45, 7) is 0.176. The Kier molecular flexibility index (Phi) is 4.00. The highest BCUT2D eigenvalue weighted by Crippen LogP contribution is 2.28. The fourth-order valence-corrected chi connectivity index (χ4v) is 2.48. The molecule has 0 radical (unpaired) electrons. The van der Waals surface area contributed by atoms with Gasteiger partial charge in [-0.3, -0.25) is 0 Å². The summed E-state index contributed by atoms with van der Waals surface area (Å²) in [4.78, 5) is 4.18. The van der Waals surface area contributed by atoms with Crippen LogP contribution in [0.3, 0.4) is 0 Å². The summed E-state index contributed by atoms with van der Waals surface area (Å²) < 4.78 is 0. The monoisotopic (exact) mass is 246 g/mol. The van der Waals surface area contributed by atoms with Gasteiger partial charge in [0.05, 0.1) is 11.3 Å². The maximum Gasteiger partial charge on any atom is 0.150 e. The molecule has 1 aliphatic carbocycles. The van der Waals surface area contributed by atoms with Gasteiger partial charge in [0.15, 0.2) is 5.82 Å². The summed E-state index contributed by atoms with van der Waals surface area (Å²) in [7, 11) is 0. The number of aliphatic hydroxyl groups excluding tert-OH is 1. The van der Waals surface area contributed by atoms with E-state index in [2.05, 4.69) is 10.3 Å². The number of anilines is 2. The molecule has 0 bridgehead atoms. The number of hydrogen-bond donors (Lipinski definition) is 3. The number of nitriles is 1. The van der Waals surface area contributed by atoms with E-state index in [4.69, 9.17) is 11.0 Å². The quantitative estimate of drug-likeness (QED) is 0.751. The fraction of sp³-hybridized carbons (Fsp3) is 0.538. The minimum Gasteiger partial charge on any atom is -0.396 e. The molecule has 5 nitrogen and oxygen atoms in total. The van der Waals surface area contributed by atoms with E-state index in [1.807, 2.05) is 6.07 Å². The smallest absolute Gasteiger partial charge is 0.150 e. The number of nitrogens with zero attached hydrogens (tertiary/aromatic N) is 2. The molecular weight excluding hydrogens is 228 g/mol. The molecule has 1 heterocycles. The highest BCUT2D eigenvalue weighted by molar-refractivity contribution is 5.69. The number of nitrogens with two attached hydrogens (primary N) is 1. The highest BCUT2D eigenvalue weighted by atomic mass is 16.3. The summed E-state index contributed by atoms with van der Waals surface area (Å²) in [6, 6.07) is 3.83. The zero-order valence-corrected chi connectivity index (χ0v) is 10.3. The fourth-order valence-electron chi connectivity index (χ4n) is 2.48. The first-order valence-corrected chi connectivity index (χ1v) is 6.28. The first kappa shape index (κ1) is 12.7. The molecule has 96 valence electrons. The van der Waals surface area contributed by atoms with Crippen LogP contribution < -0.4 is 11.1 Å². The molecule has 1 fully saturated rings. The summed E-state index contributed by atoms with van der Waals surface area (Å²) in [5, 5.41) is 21.6. The van der Waals surface area contributed by atoms with Gasteiger partial charge in [0.25, 0.3) is 0 Å². The highest BCUT2D eigenvalue weighted by Gasteiger charge is 2.25. The molecule has 0 saturated heterocycles. The number of nitrogen functional groups attached to an aromatic ring is 1. The number of aliphatic hydroxyl groups is 1. The van der Waals surface area contributed by atoms with Crippen molar-refractivity contribution in [3.8, 4) is 6.07 Å². The Labute approximate surface area is 107 Å². The molecule has 0 amide bonds. The van der Waals surface area contributed by atoms with Gasteiger partial charge in [-0.2, -0.15) is 5.26 Å². The van der Waals surface area contributed by atoms with Crippen LogP contribution in [-0.2, 0) is 0 Å². The largest absolute Gasteiger partial charge is 0.396 e. The van der Waals surface area contributed by atoms with Gasteiger partial charge in [-0.1, -0.05) is 12.8 Å². The number of nitrogens with one attached hydrogen (secondary N) is 1. The van der Waals surface area contributed by atoms with E-state index < -0.39 is 0 Å². The lowest BCUT2D eigenvalue weighted by Crippen LogP contribution is -2.34. The molecule has 2 rings (SSSR count). The molecule has 5 heteroatoms. The van der Waals surface area contributed by atoms with Crippen LogP contribution in [0.4, 0.5) is 11.5 Å². The Balaban J connectivity index is 2.15.